The monoisotopic (exact) mass is 414 g/mol. The maximum Gasteiger partial charge on any atom is 0.242 e. The lowest BCUT2D eigenvalue weighted by atomic mass is 10.0. The topological polar surface area (TPSA) is 59.1 Å². The Kier molecular flexibility index (Phi) is 6.92. The molecule has 6 nitrogen and oxygen atoms in total. The first-order chi connectivity index (χ1) is 14.4. The quantitative estimate of drug-likeness (QED) is 0.750. The van der Waals surface area contributed by atoms with E-state index in [1.165, 1.54) is 29.2 Å². The first kappa shape index (κ1) is 21.6. The fourth-order valence-corrected chi connectivity index (χ4v) is 3.55. The molecule has 1 aliphatic rings. The summed E-state index contributed by atoms with van der Waals surface area (Å²) in [5.74, 6) is 0.746. The fourth-order valence-electron chi connectivity index (χ4n) is 3.55. The maximum absolute atomic E-state index is 13.3. The van der Waals surface area contributed by atoms with Crippen LogP contribution in [0.4, 0.5) is 10.1 Å². The average molecular weight is 414 g/mol. The molecule has 0 aliphatic carbocycles. The SMILES string of the molecule is COc1ccc(CN2CCC(C)CC(=O)N(c3ccc(F)cc3)CC2=O)c(OC)c1. The molecule has 0 spiro atoms. The number of halogens is 1. The zero-order valence-corrected chi connectivity index (χ0v) is 17.6. The molecule has 160 valence electrons. The highest BCUT2D eigenvalue weighted by molar-refractivity contribution is 5.99. The molecule has 1 aliphatic heterocycles. The van der Waals surface area contributed by atoms with E-state index in [1.807, 2.05) is 19.1 Å². The van der Waals surface area contributed by atoms with Crippen LogP contribution in [-0.2, 0) is 16.1 Å². The third-order valence-electron chi connectivity index (χ3n) is 5.36. The van der Waals surface area contributed by atoms with Crippen LogP contribution >= 0.6 is 0 Å². The molecule has 1 heterocycles. The van der Waals surface area contributed by atoms with Gasteiger partial charge in [-0.05, 0) is 48.7 Å². The van der Waals surface area contributed by atoms with Gasteiger partial charge in [0.25, 0.3) is 0 Å². The fraction of sp³-hybridized carbons (Fsp3) is 0.391. The van der Waals surface area contributed by atoms with Crippen molar-refractivity contribution >= 4 is 17.5 Å². The van der Waals surface area contributed by atoms with Crippen LogP contribution in [0.2, 0.25) is 0 Å². The Morgan fingerprint density at radius 3 is 2.43 bits per heavy atom. The van der Waals surface area contributed by atoms with Crippen LogP contribution < -0.4 is 14.4 Å². The third kappa shape index (κ3) is 5.09. The molecule has 0 aromatic heterocycles. The summed E-state index contributed by atoms with van der Waals surface area (Å²) in [6, 6.07) is 11.1. The second kappa shape index (κ2) is 9.61. The summed E-state index contributed by atoms with van der Waals surface area (Å²) < 4.78 is 24.0. The number of carbonyl (C=O) groups excluding carboxylic acids is 2. The van der Waals surface area contributed by atoms with Crippen LogP contribution in [-0.4, -0.2) is 44.0 Å². The Labute approximate surface area is 176 Å². The van der Waals surface area contributed by atoms with Gasteiger partial charge in [0.2, 0.25) is 11.8 Å². The maximum atomic E-state index is 13.3. The van der Waals surface area contributed by atoms with Crippen molar-refractivity contribution in [3.63, 3.8) is 0 Å². The summed E-state index contributed by atoms with van der Waals surface area (Å²) in [5.41, 5.74) is 1.38. The van der Waals surface area contributed by atoms with E-state index in [4.69, 9.17) is 9.47 Å². The number of hydrogen-bond acceptors (Lipinski definition) is 4. The van der Waals surface area contributed by atoms with Crippen molar-refractivity contribution in [2.75, 3.05) is 32.2 Å². The Morgan fingerprint density at radius 2 is 1.77 bits per heavy atom. The summed E-state index contributed by atoms with van der Waals surface area (Å²) in [6.45, 7) is 2.82. The summed E-state index contributed by atoms with van der Waals surface area (Å²) in [5, 5.41) is 0. The van der Waals surface area contributed by atoms with Crippen molar-refractivity contribution in [2.45, 2.75) is 26.3 Å². The highest BCUT2D eigenvalue weighted by Crippen LogP contribution is 2.27. The second-order valence-electron chi connectivity index (χ2n) is 7.55. The molecule has 2 aromatic rings. The lowest BCUT2D eigenvalue weighted by Gasteiger charge is -2.27. The van der Waals surface area contributed by atoms with E-state index >= 15 is 0 Å². The predicted molar refractivity (Wildman–Crippen MR) is 112 cm³/mol. The molecule has 1 fully saturated rings. The van der Waals surface area contributed by atoms with E-state index in [9.17, 15) is 14.0 Å². The van der Waals surface area contributed by atoms with Gasteiger partial charge in [-0.2, -0.15) is 0 Å². The molecular weight excluding hydrogens is 387 g/mol. The number of amides is 2. The molecule has 2 aromatic carbocycles. The smallest absolute Gasteiger partial charge is 0.242 e. The van der Waals surface area contributed by atoms with Gasteiger partial charge in [-0.25, -0.2) is 4.39 Å². The minimum Gasteiger partial charge on any atom is -0.497 e. The lowest BCUT2D eigenvalue weighted by molar-refractivity contribution is -0.131. The Bertz CT molecular complexity index is 901. The third-order valence-corrected chi connectivity index (χ3v) is 5.36. The minimum absolute atomic E-state index is 0.0876. The molecule has 1 atom stereocenters. The van der Waals surface area contributed by atoms with Crippen LogP contribution in [0.15, 0.2) is 42.5 Å². The number of carbonyl (C=O) groups is 2. The number of hydrogen-bond donors (Lipinski definition) is 0. The van der Waals surface area contributed by atoms with Crippen LogP contribution in [0.5, 0.6) is 11.5 Å². The minimum atomic E-state index is -0.386. The largest absolute Gasteiger partial charge is 0.497 e. The van der Waals surface area contributed by atoms with Gasteiger partial charge in [0.15, 0.2) is 0 Å². The van der Waals surface area contributed by atoms with Gasteiger partial charge in [0.05, 0.1) is 14.2 Å². The Balaban J connectivity index is 1.86. The van der Waals surface area contributed by atoms with Crippen molar-refractivity contribution in [3.8, 4) is 11.5 Å². The Hall–Kier alpha value is -3.09. The molecule has 2 amide bonds. The van der Waals surface area contributed by atoms with Crippen LogP contribution in [0.1, 0.15) is 25.3 Å². The average Bonchev–Trinajstić information content (AvgIpc) is 2.79. The molecule has 0 saturated carbocycles. The predicted octanol–water partition coefficient (Wildman–Crippen LogP) is 3.63. The van der Waals surface area contributed by atoms with Gasteiger partial charge < -0.3 is 19.3 Å². The molecule has 1 unspecified atom stereocenters. The van der Waals surface area contributed by atoms with E-state index in [-0.39, 0.29) is 30.1 Å². The van der Waals surface area contributed by atoms with Crippen molar-refractivity contribution < 1.29 is 23.5 Å². The first-order valence-corrected chi connectivity index (χ1v) is 9.96. The normalized spacial score (nSPS) is 17.9. The van der Waals surface area contributed by atoms with Crippen molar-refractivity contribution in [2.24, 2.45) is 5.92 Å². The van der Waals surface area contributed by atoms with Gasteiger partial charge in [-0.1, -0.05) is 6.92 Å². The zero-order chi connectivity index (χ0) is 21.7. The van der Waals surface area contributed by atoms with E-state index in [1.54, 1.807) is 25.2 Å². The first-order valence-electron chi connectivity index (χ1n) is 9.96. The van der Waals surface area contributed by atoms with Crippen molar-refractivity contribution in [1.29, 1.82) is 0 Å². The summed E-state index contributed by atoms with van der Waals surface area (Å²) in [4.78, 5) is 29.2. The summed E-state index contributed by atoms with van der Waals surface area (Å²) in [7, 11) is 3.16. The zero-order valence-electron chi connectivity index (χ0n) is 17.6. The standard InChI is InChI=1S/C23H27FN2O4/c1-16-10-11-25(14-17-4-9-20(29-2)13-21(17)30-3)23(28)15-26(22(27)12-16)19-7-5-18(24)6-8-19/h4-9,13,16H,10-12,14-15H2,1-3H3. The van der Waals surface area contributed by atoms with Crippen LogP contribution in [0.25, 0.3) is 0 Å². The van der Waals surface area contributed by atoms with E-state index in [2.05, 4.69) is 0 Å². The molecule has 0 N–H and O–H groups in total. The van der Waals surface area contributed by atoms with Gasteiger partial charge >= 0.3 is 0 Å². The Morgan fingerprint density at radius 1 is 1.03 bits per heavy atom. The molecule has 0 bridgehead atoms. The summed E-state index contributed by atoms with van der Waals surface area (Å²) >= 11 is 0. The number of anilines is 1. The molecule has 3 rings (SSSR count). The van der Waals surface area contributed by atoms with Crippen molar-refractivity contribution in [1.82, 2.24) is 4.90 Å². The molecule has 0 radical (unpaired) electrons. The van der Waals surface area contributed by atoms with Gasteiger partial charge in [0, 0.05) is 36.8 Å². The molecular formula is C23H27FN2O4. The van der Waals surface area contributed by atoms with Gasteiger partial charge in [-0.15, -0.1) is 0 Å². The number of nitrogens with zero attached hydrogens (tertiary/aromatic N) is 2. The number of rotatable bonds is 5. The molecule has 7 heteroatoms. The van der Waals surface area contributed by atoms with E-state index in [0.717, 1.165) is 5.56 Å². The summed E-state index contributed by atoms with van der Waals surface area (Å²) in [6.07, 6.45) is 1.05. The number of ether oxygens (including phenoxy) is 2. The van der Waals surface area contributed by atoms with E-state index in [0.29, 0.717) is 43.1 Å². The number of methoxy groups -OCH3 is 2. The van der Waals surface area contributed by atoms with Crippen molar-refractivity contribution in [3.05, 3.63) is 53.8 Å². The lowest BCUT2D eigenvalue weighted by Crippen LogP contribution is -2.42. The van der Waals surface area contributed by atoms with Gasteiger partial charge in [-0.3, -0.25) is 9.59 Å². The highest BCUT2D eigenvalue weighted by Gasteiger charge is 2.27. The highest BCUT2D eigenvalue weighted by atomic mass is 19.1. The second-order valence-corrected chi connectivity index (χ2v) is 7.55. The number of benzene rings is 2. The van der Waals surface area contributed by atoms with Crippen LogP contribution in [0, 0.1) is 11.7 Å². The molecule has 30 heavy (non-hydrogen) atoms. The van der Waals surface area contributed by atoms with Gasteiger partial charge in [0.1, 0.15) is 23.9 Å². The van der Waals surface area contributed by atoms with E-state index < -0.39 is 0 Å². The molecule has 1 saturated heterocycles. The van der Waals surface area contributed by atoms with Crippen LogP contribution in [0.3, 0.4) is 0 Å².